The summed E-state index contributed by atoms with van der Waals surface area (Å²) in [7, 11) is 0. The van der Waals surface area contributed by atoms with E-state index in [2.05, 4.69) is 19.7 Å². The van der Waals surface area contributed by atoms with Crippen molar-refractivity contribution in [2.75, 3.05) is 26.7 Å². The molecule has 0 radical (unpaired) electrons. The van der Waals surface area contributed by atoms with Crippen molar-refractivity contribution in [1.29, 1.82) is 0 Å². The lowest BCUT2D eigenvalue weighted by molar-refractivity contribution is -0.970. The molecule has 0 aromatic carbocycles. The molecule has 0 aromatic heterocycles. The number of hydrogen-bond donors (Lipinski definition) is 0. The van der Waals surface area contributed by atoms with Crippen molar-refractivity contribution in [3.05, 3.63) is 38.0 Å². The van der Waals surface area contributed by atoms with Crippen LogP contribution in [0.15, 0.2) is 38.0 Å². The third-order valence-electron chi connectivity index (χ3n) is 2.61. The van der Waals surface area contributed by atoms with Crippen LogP contribution in [0.1, 0.15) is 6.92 Å². The third kappa shape index (κ3) is 7.07. The Hall–Kier alpha value is -2.41. The standard InChI is InChI=1S/C14H20NO6/c1-5-12(16)19-9-15(8-4,10-20-13(17)6-2)11-21-14(18)7-3/h5-7H,1-3,8-11H2,4H3/q+1. The number of hydrogen-bond acceptors (Lipinski definition) is 6. The van der Waals surface area contributed by atoms with Gasteiger partial charge in [-0.05, 0) is 6.92 Å². The second kappa shape index (κ2) is 9.49. The summed E-state index contributed by atoms with van der Waals surface area (Å²) in [5, 5.41) is 0. The molecule has 0 bridgehead atoms. The number of quaternary nitrogens is 1. The van der Waals surface area contributed by atoms with Gasteiger partial charge in [0.25, 0.3) is 0 Å². The van der Waals surface area contributed by atoms with Crippen LogP contribution in [-0.4, -0.2) is 49.1 Å². The van der Waals surface area contributed by atoms with E-state index >= 15 is 0 Å². The predicted octanol–water partition coefficient (Wildman–Crippen LogP) is 0.883. The van der Waals surface area contributed by atoms with Crippen LogP contribution in [0, 0.1) is 0 Å². The van der Waals surface area contributed by atoms with E-state index in [0.717, 1.165) is 18.2 Å². The predicted molar refractivity (Wildman–Crippen MR) is 74.3 cm³/mol. The van der Waals surface area contributed by atoms with Crippen LogP contribution in [-0.2, 0) is 28.6 Å². The van der Waals surface area contributed by atoms with Crippen molar-refractivity contribution in [2.24, 2.45) is 0 Å². The van der Waals surface area contributed by atoms with Crippen molar-refractivity contribution >= 4 is 17.9 Å². The molecule has 0 heterocycles. The van der Waals surface area contributed by atoms with Crippen molar-refractivity contribution < 1.29 is 33.1 Å². The Morgan fingerprint density at radius 3 is 1.29 bits per heavy atom. The number of carbonyl (C=O) groups excluding carboxylic acids is 3. The monoisotopic (exact) mass is 298 g/mol. The van der Waals surface area contributed by atoms with Crippen LogP contribution in [0.2, 0.25) is 0 Å². The van der Waals surface area contributed by atoms with Gasteiger partial charge in [-0.25, -0.2) is 18.9 Å². The van der Waals surface area contributed by atoms with Gasteiger partial charge in [0.05, 0.1) is 6.54 Å². The van der Waals surface area contributed by atoms with Gasteiger partial charge < -0.3 is 14.2 Å². The van der Waals surface area contributed by atoms with Gasteiger partial charge >= 0.3 is 17.9 Å². The molecule has 0 spiro atoms. The molecule has 0 aliphatic heterocycles. The lowest BCUT2D eigenvalue weighted by Crippen LogP contribution is -2.53. The number of rotatable bonds is 10. The molecule has 0 fully saturated rings. The molecular weight excluding hydrogens is 278 g/mol. The molecule has 0 aromatic rings. The van der Waals surface area contributed by atoms with Crippen LogP contribution in [0.3, 0.4) is 0 Å². The van der Waals surface area contributed by atoms with Crippen molar-refractivity contribution in [2.45, 2.75) is 6.92 Å². The molecule has 116 valence electrons. The molecule has 0 amide bonds. The van der Waals surface area contributed by atoms with Crippen LogP contribution < -0.4 is 0 Å². The highest BCUT2D eigenvalue weighted by Gasteiger charge is 2.30. The van der Waals surface area contributed by atoms with Crippen molar-refractivity contribution in [3.8, 4) is 0 Å². The fourth-order valence-electron chi connectivity index (χ4n) is 1.16. The second-order valence-electron chi connectivity index (χ2n) is 4.05. The molecule has 0 N–H and O–H groups in total. The van der Waals surface area contributed by atoms with Crippen LogP contribution in [0.4, 0.5) is 0 Å². The number of esters is 3. The third-order valence-corrected chi connectivity index (χ3v) is 2.61. The second-order valence-corrected chi connectivity index (χ2v) is 4.05. The summed E-state index contributed by atoms with van der Waals surface area (Å²) in [4.78, 5) is 33.5. The zero-order valence-corrected chi connectivity index (χ0v) is 12.1. The Labute approximate surface area is 123 Å². The van der Waals surface area contributed by atoms with Crippen LogP contribution in [0.25, 0.3) is 0 Å². The van der Waals surface area contributed by atoms with E-state index in [-0.39, 0.29) is 24.7 Å². The molecule has 0 aliphatic rings. The first kappa shape index (κ1) is 18.6. The Morgan fingerprint density at radius 1 is 0.810 bits per heavy atom. The van der Waals surface area contributed by atoms with Crippen LogP contribution >= 0.6 is 0 Å². The minimum Gasteiger partial charge on any atom is -0.412 e. The Bertz CT molecular complexity index is 369. The quantitative estimate of drug-likeness (QED) is 0.196. The largest absolute Gasteiger partial charge is 0.412 e. The maximum Gasteiger partial charge on any atom is 0.334 e. The normalized spacial score (nSPS) is 10.1. The van der Waals surface area contributed by atoms with Gasteiger partial charge in [-0.2, -0.15) is 0 Å². The smallest absolute Gasteiger partial charge is 0.334 e. The van der Waals surface area contributed by atoms with E-state index in [9.17, 15) is 14.4 Å². The summed E-state index contributed by atoms with van der Waals surface area (Å²) in [6, 6.07) is 0. The molecule has 0 saturated carbocycles. The fourth-order valence-corrected chi connectivity index (χ4v) is 1.16. The number of nitrogens with zero attached hydrogens (tertiary/aromatic N) is 1. The first-order valence-electron chi connectivity index (χ1n) is 6.15. The number of ether oxygens (including phenoxy) is 3. The number of carbonyl (C=O) groups is 3. The molecule has 0 rings (SSSR count). The highest BCUT2D eigenvalue weighted by atomic mass is 16.6. The summed E-state index contributed by atoms with van der Waals surface area (Å²) >= 11 is 0. The average molecular weight is 298 g/mol. The van der Waals surface area contributed by atoms with Gasteiger partial charge in [-0.3, -0.25) is 0 Å². The Balaban J connectivity index is 4.87. The van der Waals surface area contributed by atoms with Crippen molar-refractivity contribution in [1.82, 2.24) is 0 Å². The highest BCUT2D eigenvalue weighted by Crippen LogP contribution is 2.09. The minimum absolute atomic E-state index is 0.0985. The van der Waals surface area contributed by atoms with Crippen molar-refractivity contribution in [3.63, 3.8) is 0 Å². The van der Waals surface area contributed by atoms with E-state index in [1.165, 1.54) is 0 Å². The van der Waals surface area contributed by atoms with E-state index in [4.69, 9.17) is 14.2 Å². The minimum atomic E-state index is -0.629. The summed E-state index contributed by atoms with van der Waals surface area (Å²) in [5.41, 5.74) is 0. The highest BCUT2D eigenvalue weighted by molar-refractivity contribution is 5.81. The lowest BCUT2D eigenvalue weighted by Gasteiger charge is -2.34. The maximum absolute atomic E-state index is 11.2. The topological polar surface area (TPSA) is 78.9 Å². The molecule has 7 nitrogen and oxygen atoms in total. The van der Waals surface area contributed by atoms with E-state index < -0.39 is 17.9 Å². The molecule has 0 aliphatic carbocycles. The van der Waals surface area contributed by atoms with Gasteiger partial charge in [0, 0.05) is 18.2 Å². The van der Waals surface area contributed by atoms with E-state index in [1.807, 2.05) is 0 Å². The first-order valence-corrected chi connectivity index (χ1v) is 6.15. The van der Waals surface area contributed by atoms with Gasteiger partial charge in [-0.15, -0.1) is 0 Å². The van der Waals surface area contributed by atoms with Crippen LogP contribution in [0.5, 0.6) is 0 Å². The van der Waals surface area contributed by atoms with Gasteiger partial charge in [0.1, 0.15) is 0 Å². The first-order chi connectivity index (χ1) is 9.92. The van der Waals surface area contributed by atoms with Gasteiger partial charge in [0.2, 0.25) is 20.2 Å². The Kier molecular flexibility index (Phi) is 8.40. The summed E-state index contributed by atoms with van der Waals surface area (Å²) < 4.78 is 14.8. The van der Waals surface area contributed by atoms with E-state index in [0.29, 0.717) is 6.54 Å². The zero-order chi connectivity index (χ0) is 16.3. The molecule has 0 atom stereocenters. The molecule has 7 heteroatoms. The van der Waals surface area contributed by atoms with Gasteiger partial charge in [-0.1, -0.05) is 19.7 Å². The summed E-state index contributed by atoms with van der Waals surface area (Å²) in [6.07, 6.45) is 3.03. The summed E-state index contributed by atoms with van der Waals surface area (Å²) in [5.74, 6) is -1.89. The molecule has 0 saturated heterocycles. The summed E-state index contributed by atoms with van der Waals surface area (Å²) in [6.45, 7) is 11.6. The SMILES string of the molecule is C=CC(=O)OC[N+](CC)(COC(=O)C=C)COC(=O)C=C. The zero-order valence-electron chi connectivity index (χ0n) is 12.1. The lowest BCUT2D eigenvalue weighted by atomic mass is 10.5. The van der Waals surface area contributed by atoms with E-state index in [1.54, 1.807) is 6.92 Å². The fraction of sp³-hybridized carbons (Fsp3) is 0.357. The molecule has 0 unspecified atom stereocenters. The molecule has 21 heavy (non-hydrogen) atoms. The average Bonchev–Trinajstić information content (AvgIpc) is 2.53. The molecular formula is C14H20NO6+. The van der Waals surface area contributed by atoms with Gasteiger partial charge in [0.15, 0.2) is 0 Å². The Morgan fingerprint density at radius 2 is 1.10 bits per heavy atom. The maximum atomic E-state index is 11.2.